The van der Waals surface area contributed by atoms with Gasteiger partial charge in [0.25, 0.3) is 5.91 Å². The van der Waals surface area contributed by atoms with Gasteiger partial charge in [-0.2, -0.15) is 15.4 Å². The van der Waals surface area contributed by atoms with Gasteiger partial charge < -0.3 is 10.6 Å². The van der Waals surface area contributed by atoms with Gasteiger partial charge in [-0.3, -0.25) is 9.59 Å². The van der Waals surface area contributed by atoms with Crippen LogP contribution in [0.5, 0.6) is 0 Å². The molecule has 1 aliphatic heterocycles. The molecule has 0 atom stereocenters. The number of aromatic nitrogens is 3. The van der Waals surface area contributed by atoms with Gasteiger partial charge in [-0.25, -0.2) is 4.39 Å². The molecule has 0 saturated carbocycles. The van der Waals surface area contributed by atoms with Crippen LogP contribution in [0.2, 0.25) is 0 Å². The third kappa shape index (κ3) is 2.22. The number of halogens is 1. The van der Waals surface area contributed by atoms with Crippen LogP contribution in [0, 0.1) is 5.82 Å². The summed E-state index contributed by atoms with van der Waals surface area (Å²) in [6.07, 6.45) is 2.04. The predicted molar refractivity (Wildman–Crippen MR) is 67.7 cm³/mol. The highest BCUT2D eigenvalue weighted by molar-refractivity contribution is 6.03. The molecule has 2 aromatic rings. The maximum atomic E-state index is 13.9. The fraction of sp³-hybridized carbons (Fsp3) is 0.167. The lowest BCUT2D eigenvalue weighted by Gasteiger charge is -2.18. The minimum Gasteiger partial charge on any atom is -0.326 e. The molecule has 2 heterocycles. The number of anilines is 2. The molecule has 0 radical (unpaired) electrons. The average molecular weight is 275 g/mol. The van der Waals surface area contributed by atoms with Gasteiger partial charge in [0, 0.05) is 12.1 Å². The van der Waals surface area contributed by atoms with E-state index in [-0.39, 0.29) is 17.3 Å². The summed E-state index contributed by atoms with van der Waals surface area (Å²) in [5.74, 6) is -1.27. The van der Waals surface area contributed by atoms with Crippen molar-refractivity contribution < 1.29 is 14.0 Å². The standard InChI is InChI=1S/C12H10FN5O2/c13-7-3-6-1-2-11(19)15-8(6)4-9(7)16-12(20)10-5-14-18-17-10/h3-5H,1-2H2,(H,15,19)(H,16,20)(H,14,17,18). The van der Waals surface area contributed by atoms with Crippen LogP contribution < -0.4 is 10.6 Å². The Hall–Kier alpha value is -2.77. The lowest BCUT2D eigenvalue weighted by atomic mass is 10.0. The second-order valence-electron chi connectivity index (χ2n) is 4.35. The van der Waals surface area contributed by atoms with Crippen LogP contribution in [0.15, 0.2) is 18.3 Å². The number of fused-ring (bicyclic) bond motifs is 1. The van der Waals surface area contributed by atoms with E-state index in [2.05, 4.69) is 26.0 Å². The van der Waals surface area contributed by atoms with Gasteiger partial charge in [-0.05, 0) is 24.1 Å². The molecule has 0 spiro atoms. The quantitative estimate of drug-likeness (QED) is 0.763. The zero-order valence-electron chi connectivity index (χ0n) is 10.2. The monoisotopic (exact) mass is 275 g/mol. The molecule has 3 N–H and O–H groups in total. The summed E-state index contributed by atoms with van der Waals surface area (Å²) in [6.45, 7) is 0. The summed E-state index contributed by atoms with van der Waals surface area (Å²) in [5.41, 5.74) is 1.25. The van der Waals surface area contributed by atoms with Crippen LogP contribution in [0.4, 0.5) is 15.8 Å². The van der Waals surface area contributed by atoms with Crippen molar-refractivity contribution in [1.29, 1.82) is 0 Å². The molecule has 1 aliphatic rings. The maximum Gasteiger partial charge on any atom is 0.277 e. The zero-order chi connectivity index (χ0) is 14.1. The summed E-state index contributed by atoms with van der Waals surface area (Å²) in [7, 11) is 0. The van der Waals surface area contributed by atoms with Gasteiger partial charge in [0.2, 0.25) is 5.91 Å². The lowest BCUT2D eigenvalue weighted by molar-refractivity contribution is -0.116. The molecule has 1 aromatic heterocycles. The number of hydrogen-bond acceptors (Lipinski definition) is 4. The fourth-order valence-corrected chi connectivity index (χ4v) is 1.99. The second kappa shape index (κ2) is 4.72. The molecule has 20 heavy (non-hydrogen) atoms. The molecular formula is C12H10FN5O2. The molecule has 0 unspecified atom stereocenters. The number of nitrogens with zero attached hydrogens (tertiary/aromatic N) is 2. The molecule has 2 amide bonds. The third-order valence-electron chi connectivity index (χ3n) is 2.98. The topological polar surface area (TPSA) is 99.8 Å². The van der Waals surface area contributed by atoms with E-state index in [9.17, 15) is 14.0 Å². The van der Waals surface area contributed by atoms with Gasteiger partial charge in [0.1, 0.15) is 5.82 Å². The van der Waals surface area contributed by atoms with E-state index in [1.807, 2.05) is 0 Å². The number of H-pyrrole nitrogens is 1. The number of nitrogens with one attached hydrogen (secondary N) is 3. The Morgan fingerprint density at radius 3 is 2.95 bits per heavy atom. The van der Waals surface area contributed by atoms with Crippen LogP contribution >= 0.6 is 0 Å². The molecule has 8 heteroatoms. The van der Waals surface area contributed by atoms with Crippen molar-refractivity contribution in [2.45, 2.75) is 12.8 Å². The Kier molecular flexibility index (Phi) is 2.90. The Morgan fingerprint density at radius 1 is 1.35 bits per heavy atom. The van der Waals surface area contributed by atoms with Crippen molar-refractivity contribution in [3.8, 4) is 0 Å². The van der Waals surface area contributed by atoms with E-state index in [0.717, 1.165) is 0 Å². The lowest BCUT2D eigenvalue weighted by Crippen LogP contribution is -2.20. The van der Waals surface area contributed by atoms with Crippen molar-refractivity contribution >= 4 is 23.2 Å². The SMILES string of the molecule is O=C1CCc2cc(F)c(NC(=O)c3cn[nH]n3)cc2N1. The smallest absolute Gasteiger partial charge is 0.277 e. The largest absolute Gasteiger partial charge is 0.326 e. The second-order valence-corrected chi connectivity index (χ2v) is 4.35. The highest BCUT2D eigenvalue weighted by Crippen LogP contribution is 2.28. The Bertz CT molecular complexity index is 683. The van der Waals surface area contributed by atoms with E-state index in [1.165, 1.54) is 18.3 Å². The number of carbonyl (C=O) groups is 2. The minimum absolute atomic E-state index is 0.0149. The average Bonchev–Trinajstić information content (AvgIpc) is 2.94. The highest BCUT2D eigenvalue weighted by Gasteiger charge is 2.19. The van der Waals surface area contributed by atoms with Gasteiger partial charge in [0.05, 0.1) is 11.9 Å². The summed E-state index contributed by atoms with van der Waals surface area (Å²) in [4.78, 5) is 23.1. The first kappa shape index (κ1) is 12.3. The normalized spacial score (nSPS) is 13.6. The van der Waals surface area contributed by atoms with Gasteiger partial charge in [0.15, 0.2) is 5.69 Å². The summed E-state index contributed by atoms with van der Waals surface area (Å²) in [6, 6.07) is 2.72. The Morgan fingerprint density at radius 2 is 2.20 bits per heavy atom. The first-order valence-electron chi connectivity index (χ1n) is 5.93. The van der Waals surface area contributed by atoms with E-state index < -0.39 is 11.7 Å². The molecule has 7 nitrogen and oxygen atoms in total. The summed E-state index contributed by atoms with van der Waals surface area (Å²) in [5, 5.41) is 14.4. The summed E-state index contributed by atoms with van der Waals surface area (Å²) < 4.78 is 13.9. The number of rotatable bonds is 2. The van der Waals surface area contributed by atoms with E-state index >= 15 is 0 Å². The van der Waals surface area contributed by atoms with Gasteiger partial charge in [-0.1, -0.05) is 0 Å². The highest BCUT2D eigenvalue weighted by atomic mass is 19.1. The first-order chi connectivity index (χ1) is 9.63. The van der Waals surface area contributed by atoms with Crippen molar-refractivity contribution in [1.82, 2.24) is 15.4 Å². The van der Waals surface area contributed by atoms with Crippen LogP contribution in [-0.4, -0.2) is 27.2 Å². The van der Waals surface area contributed by atoms with Crippen molar-refractivity contribution in [2.24, 2.45) is 0 Å². The first-order valence-corrected chi connectivity index (χ1v) is 5.93. The number of aromatic amines is 1. The molecule has 1 aromatic carbocycles. The summed E-state index contributed by atoms with van der Waals surface area (Å²) >= 11 is 0. The van der Waals surface area contributed by atoms with Gasteiger partial charge in [-0.15, -0.1) is 0 Å². The molecular weight excluding hydrogens is 265 g/mol. The number of benzene rings is 1. The minimum atomic E-state index is -0.584. The van der Waals surface area contributed by atoms with Gasteiger partial charge >= 0.3 is 0 Å². The van der Waals surface area contributed by atoms with Crippen LogP contribution in [-0.2, 0) is 11.2 Å². The van der Waals surface area contributed by atoms with Crippen molar-refractivity contribution in [3.63, 3.8) is 0 Å². The molecule has 3 rings (SSSR count). The van der Waals surface area contributed by atoms with Crippen LogP contribution in [0.1, 0.15) is 22.5 Å². The Labute approximate surface area is 112 Å². The fourth-order valence-electron chi connectivity index (χ4n) is 1.99. The predicted octanol–water partition coefficient (Wildman–Crippen LogP) is 1.08. The van der Waals surface area contributed by atoms with Crippen LogP contribution in [0.25, 0.3) is 0 Å². The molecule has 102 valence electrons. The number of aryl methyl sites for hydroxylation is 1. The maximum absolute atomic E-state index is 13.9. The van der Waals surface area contributed by atoms with Crippen LogP contribution in [0.3, 0.4) is 0 Å². The third-order valence-corrected chi connectivity index (χ3v) is 2.98. The number of carbonyl (C=O) groups excluding carboxylic acids is 2. The zero-order valence-corrected chi connectivity index (χ0v) is 10.2. The molecule has 0 saturated heterocycles. The Balaban J connectivity index is 1.88. The van der Waals surface area contributed by atoms with Crippen molar-refractivity contribution in [3.05, 3.63) is 35.4 Å². The number of amides is 2. The molecule has 0 bridgehead atoms. The van der Waals surface area contributed by atoms with E-state index in [4.69, 9.17) is 0 Å². The number of hydrogen-bond donors (Lipinski definition) is 3. The van der Waals surface area contributed by atoms with E-state index in [1.54, 1.807) is 0 Å². The van der Waals surface area contributed by atoms with Crippen molar-refractivity contribution in [2.75, 3.05) is 10.6 Å². The van der Waals surface area contributed by atoms with E-state index in [0.29, 0.717) is 24.1 Å². The molecule has 0 aliphatic carbocycles. The molecule has 0 fully saturated rings.